The van der Waals surface area contributed by atoms with Crippen molar-refractivity contribution >= 4 is 17.3 Å². The molecule has 0 aliphatic carbocycles. The lowest BCUT2D eigenvalue weighted by molar-refractivity contribution is -0.384. The Bertz CT molecular complexity index is 928. The highest BCUT2D eigenvalue weighted by molar-refractivity contribution is 6.04. The highest BCUT2D eigenvalue weighted by Gasteiger charge is 2.12. The predicted molar refractivity (Wildman–Crippen MR) is 104 cm³/mol. The zero-order chi connectivity index (χ0) is 19.1. The van der Waals surface area contributed by atoms with Gasteiger partial charge in [-0.15, -0.1) is 0 Å². The monoisotopic (exact) mass is 361 g/mol. The molecule has 27 heavy (non-hydrogen) atoms. The van der Waals surface area contributed by atoms with Crippen molar-refractivity contribution in [3.05, 3.63) is 106 Å². The number of hydrogen-bond donors (Lipinski definition) is 2. The Morgan fingerprint density at radius 1 is 0.852 bits per heavy atom. The summed E-state index contributed by atoms with van der Waals surface area (Å²) in [4.78, 5) is 23.1. The van der Waals surface area contributed by atoms with Crippen molar-refractivity contribution in [2.45, 2.75) is 13.1 Å². The van der Waals surface area contributed by atoms with Crippen molar-refractivity contribution in [1.82, 2.24) is 5.32 Å². The Kier molecular flexibility index (Phi) is 5.91. The van der Waals surface area contributed by atoms with Gasteiger partial charge in [-0.2, -0.15) is 0 Å². The number of nitrogens with zero attached hydrogens (tertiary/aromatic N) is 1. The zero-order valence-corrected chi connectivity index (χ0v) is 14.6. The molecule has 3 aromatic carbocycles. The second-order valence-corrected chi connectivity index (χ2v) is 6.05. The van der Waals surface area contributed by atoms with E-state index in [1.807, 2.05) is 36.4 Å². The van der Waals surface area contributed by atoms with E-state index in [1.165, 1.54) is 12.1 Å². The molecule has 2 N–H and O–H groups in total. The molecule has 1 amide bonds. The molecule has 0 unspecified atom stereocenters. The van der Waals surface area contributed by atoms with Gasteiger partial charge in [0.1, 0.15) is 0 Å². The molecule has 3 rings (SSSR count). The first kappa shape index (κ1) is 18.3. The summed E-state index contributed by atoms with van der Waals surface area (Å²) in [6.07, 6.45) is 0. The van der Waals surface area contributed by atoms with E-state index >= 15 is 0 Å². The van der Waals surface area contributed by atoms with Crippen LogP contribution in [0.1, 0.15) is 21.5 Å². The largest absolute Gasteiger partial charge is 0.322 e. The van der Waals surface area contributed by atoms with Crippen LogP contribution in [-0.2, 0) is 13.1 Å². The third-order valence-electron chi connectivity index (χ3n) is 3.98. The number of nitrogens with one attached hydrogen (secondary N) is 2. The summed E-state index contributed by atoms with van der Waals surface area (Å²) in [6.45, 7) is 1.10. The Morgan fingerprint density at radius 2 is 1.48 bits per heavy atom. The summed E-state index contributed by atoms with van der Waals surface area (Å²) in [5.41, 5.74) is 2.68. The van der Waals surface area contributed by atoms with Crippen molar-refractivity contribution in [1.29, 1.82) is 0 Å². The fourth-order valence-corrected chi connectivity index (χ4v) is 2.69. The quantitative estimate of drug-likeness (QED) is 0.489. The molecular weight excluding hydrogens is 342 g/mol. The maximum Gasteiger partial charge on any atom is 0.271 e. The van der Waals surface area contributed by atoms with Crippen LogP contribution in [0.3, 0.4) is 0 Å². The molecule has 0 bridgehead atoms. The molecule has 136 valence electrons. The van der Waals surface area contributed by atoms with Crippen LogP contribution in [0.15, 0.2) is 78.9 Å². The van der Waals surface area contributed by atoms with Gasteiger partial charge in [0.15, 0.2) is 0 Å². The highest BCUT2D eigenvalue weighted by Crippen LogP contribution is 2.22. The first-order valence-corrected chi connectivity index (χ1v) is 8.51. The molecule has 3 aromatic rings. The van der Waals surface area contributed by atoms with E-state index < -0.39 is 4.92 Å². The van der Waals surface area contributed by atoms with Crippen molar-refractivity contribution in [3.8, 4) is 0 Å². The SMILES string of the molecule is O=C(Nc1cc(CNCc2ccccc2)cc([N+](=O)[O-])c1)c1ccccc1. The molecule has 0 radical (unpaired) electrons. The number of nitro groups is 1. The molecule has 0 saturated heterocycles. The van der Waals surface area contributed by atoms with Gasteiger partial charge in [0, 0.05) is 36.5 Å². The minimum Gasteiger partial charge on any atom is -0.322 e. The van der Waals surface area contributed by atoms with E-state index in [0.29, 0.717) is 24.3 Å². The average molecular weight is 361 g/mol. The van der Waals surface area contributed by atoms with Crippen molar-refractivity contribution in [3.63, 3.8) is 0 Å². The minimum absolute atomic E-state index is 0.0580. The highest BCUT2D eigenvalue weighted by atomic mass is 16.6. The lowest BCUT2D eigenvalue weighted by atomic mass is 10.1. The third-order valence-corrected chi connectivity index (χ3v) is 3.98. The fraction of sp³-hybridized carbons (Fsp3) is 0.0952. The van der Waals surface area contributed by atoms with E-state index in [2.05, 4.69) is 10.6 Å². The summed E-state index contributed by atoms with van der Waals surface area (Å²) in [5, 5.41) is 17.2. The number of non-ortho nitro benzene ring substituents is 1. The van der Waals surface area contributed by atoms with E-state index in [0.717, 1.165) is 11.1 Å². The third kappa shape index (κ3) is 5.23. The Morgan fingerprint density at radius 3 is 2.15 bits per heavy atom. The van der Waals surface area contributed by atoms with Gasteiger partial charge < -0.3 is 10.6 Å². The Hall–Kier alpha value is -3.51. The summed E-state index contributed by atoms with van der Waals surface area (Å²) in [5.74, 6) is -0.306. The Balaban J connectivity index is 1.72. The maximum absolute atomic E-state index is 12.3. The number of hydrogen-bond acceptors (Lipinski definition) is 4. The van der Waals surface area contributed by atoms with E-state index in [4.69, 9.17) is 0 Å². The van der Waals surface area contributed by atoms with Crippen molar-refractivity contribution in [2.24, 2.45) is 0 Å². The summed E-state index contributed by atoms with van der Waals surface area (Å²) < 4.78 is 0. The van der Waals surface area contributed by atoms with Gasteiger partial charge >= 0.3 is 0 Å². The van der Waals surface area contributed by atoms with E-state index in [9.17, 15) is 14.9 Å². The van der Waals surface area contributed by atoms with E-state index in [1.54, 1.807) is 30.3 Å². The Labute approximate surface area is 157 Å². The molecule has 0 spiro atoms. The molecule has 0 atom stereocenters. The first-order valence-electron chi connectivity index (χ1n) is 8.51. The molecular formula is C21H19N3O3. The smallest absolute Gasteiger partial charge is 0.271 e. The van der Waals surface area contributed by atoms with Crippen LogP contribution in [-0.4, -0.2) is 10.8 Å². The van der Waals surface area contributed by atoms with Gasteiger partial charge in [-0.1, -0.05) is 48.5 Å². The fourth-order valence-electron chi connectivity index (χ4n) is 2.69. The van der Waals surface area contributed by atoms with Crippen molar-refractivity contribution < 1.29 is 9.72 Å². The maximum atomic E-state index is 12.3. The molecule has 6 heteroatoms. The predicted octanol–water partition coefficient (Wildman–Crippen LogP) is 4.14. The molecule has 0 aromatic heterocycles. The summed E-state index contributed by atoms with van der Waals surface area (Å²) >= 11 is 0. The standard InChI is InChI=1S/C21H19N3O3/c25-21(18-9-5-2-6-10-18)23-19-11-17(12-20(13-19)24(26)27)15-22-14-16-7-3-1-4-8-16/h1-13,22H,14-15H2,(H,23,25). The number of anilines is 1. The van der Waals surface area contributed by atoms with Gasteiger partial charge in [0.2, 0.25) is 0 Å². The van der Waals surface area contributed by atoms with Gasteiger partial charge in [0.05, 0.1) is 4.92 Å². The number of rotatable bonds is 7. The van der Waals surface area contributed by atoms with Crippen LogP contribution in [0.2, 0.25) is 0 Å². The second-order valence-electron chi connectivity index (χ2n) is 6.05. The first-order chi connectivity index (χ1) is 13.1. The van der Waals surface area contributed by atoms with Gasteiger partial charge in [-0.25, -0.2) is 0 Å². The molecule has 0 aliphatic heterocycles. The number of nitro benzene ring substituents is 1. The number of carbonyl (C=O) groups is 1. The molecule has 0 fully saturated rings. The normalized spacial score (nSPS) is 10.4. The van der Waals surface area contributed by atoms with Gasteiger partial charge in [-0.05, 0) is 29.3 Å². The summed E-state index contributed by atoms with van der Waals surface area (Å²) in [7, 11) is 0. The number of amides is 1. The van der Waals surface area contributed by atoms with Crippen LogP contribution in [0.25, 0.3) is 0 Å². The zero-order valence-electron chi connectivity index (χ0n) is 14.6. The number of carbonyl (C=O) groups excluding carboxylic acids is 1. The van der Waals surface area contributed by atoms with E-state index in [-0.39, 0.29) is 11.6 Å². The molecule has 0 heterocycles. The average Bonchev–Trinajstić information content (AvgIpc) is 2.69. The second kappa shape index (κ2) is 8.73. The van der Waals surface area contributed by atoms with Gasteiger partial charge in [0.25, 0.3) is 11.6 Å². The van der Waals surface area contributed by atoms with Crippen LogP contribution in [0, 0.1) is 10.1 Å². The van der Waals surface area contributed by atoms with Crippen LogP contribution in [0.5, 0.6) is 0 Å². The molecule has 0 saturated carbocycles. The van der Waals surface area contributed by atoms with Gasteiger partial charge in [-0.3, -0.25) is 14.9 Å². The van der Waals surface area contributed by atoms with Crippen molar-refractivity contribution in [2.75, 3.05) is 5.32 Å². The van der Waals surface area contributed by atoms with Crippen LogP contribution in [0.4, 0.5) is 11.4 Å². The van der Waals surface area contributed by atoms with Crippen LogP contribution >= 0.6 is 0 Å². The number of benzene rings is 3. The van der Waals surface area contributed by atoms with Crippen LogP contribution < -0.4 is 10.6 Å². The minimum atomic E-state index is -0.459. The summed E-state index contributed by atoms with van der Waals surface area (Å²) in [6, 6.07) is 23.2. The molecule has 0 aliphatic rings. The topological polar surface area (TPSA) is 84.3 Å². The lowest BCUT2D eigenvalue weighted by Crippen LogP contribution is -2.15. The molecule has 6 nitrogen and oxygen atoms in total. The lowest BCUT2D eigenvalue weighted by Gasteiger charge is -2.09.